The van der Waals surface area contributed by atoms with Crippen molar-refractivity contribution < 1.29 is 4.79 Å². The van der Waals surface area contributed by atoms with Gasteiger partial charge in [0.25, 0.3) is 11.5 Å². The maximum Gasteiger partial charge on any atom is 0.279 e. The number of anilines is 1. The summed E-state index contributed by atoms with van der Waals surface area (Å²) in [7, 11) is 0. The van der Waals surface area contributed by atoms with Crippen LogP contribution in [-0.4, -0.2) is 21.7 Å². The largest absolute Gasteiger partial charge is 0.304 e. The van der Waals surface area contributed by atoms with Crippen molar-refractivity contribution in [3.8, 4) is 0 Å². The van der Waals surface area contributed by atoms with Gasteiger partial charge in [0.15, 0.2) is 5.69 Å². The van der Waals surface area contributed by atoms with E-state index in [1.54, 1.807) is 17.0 Å². The van der Waals surface area contributed by atoms with Gasteiger partial charge in [0.2, 0.25) is 0 Å². The van der Waals surface area contributed by atoms with Gasteiger partial charge in [-0.15, -0.1) is 0 Å². The highest BCUT2D eigenvalue weighted by Gasteiger charge is 2.33. The van der Waals surface area contributed by atoms with Crippen molar-refractivity contribution in [2.24, 2.45) is 0 Å². The van der Waals surface area contributed by atoms with E-state index in [1.807, 2.05) is 51.1 Å². The van der Waals surface area contributed by atoms with Crippen molar-refractivity contribution in [1.82, 2.24) is 9.78 Å². The van der Waals surface area contributed by atoms with Crippen LogP contribution in [0.1, 0.15) is 42.9 Å². The van der Waals surface area contributed by atoms with Gasteiger partial charge in [-0.25, -0.2) is 4.68 Å². The predicted molar refractivity (Wildman–Crippen MR) is 103 cm³/mol. The summed E-state index contributed by atoms with van der Waals surface area (Å²) < 4.78 is 1.40. The minimum absolute atomic E-state index is 0.0555. The van der Waals surface area contributed by atoms with Gasteiger partial charge in [-0.1, -0.05) is 36.4 Å². The molecule has 0 spiro atoms. The number of carbonyl (C=O) groups excluding carboxylic acids is 1. The minimum atomic E-state index is -0.165. The molecular formula is C21H21N3O2. The normalized spacial score (nSPS) is 16.3. The van der Waals surface area contributed by atoms with Gasteiger partial charge >= 0.3 is 0 Å². The molecule has 0 bridgehead atoms. The molecule has 132 valence electrons. The minimum Gasteiger partial charge on any atom is -0.304 e. The summed E-state index contributed by atoms with van der Waals surface area (Å²) in [5.74, 6) is -0.159. The van der Waals surface area contributed by atoms with Gasteiger partial charge in [-0.2, -0.15) is 5.10 Å². The lowest BCUT2D eigenvalue weighted by Crippen LogP contribution is -2.38. The molecule has 3 aromatic rings. The van der Waals surface area contributed by atoms with E-state index in [4.69, 9.17) is 0 Å². The summed E-state index contributed by atoms with van der Waals surface area (Å²) >= 11 is 0. The Kier molecular flexibility index (Phi) is 3.87. The molecule has 26 heavy (non-hydrogen) atoms. The van der Waals surface area contributed by atoms with Gasteiger partial charge in [0, 0.05) is 17.1 Å². The third-order valence-electron chi connectivity index (χ3n) is 4.95. The summed E-state index contributed by atoms with van der Waals surface area (Å²) in [5.41, 5.74) is 2.26. The molecule has 1 aromatic heterocycles. The third-order valence-corrected chi connectivity index (χ3v) is 4.95. The Morgan fingerprint density at radius 2 is 1.73 bits per heavy atom. The van der Waals surface area contributed by atoms with Gasteiger partial charge < -0.3 is 4.90 Å². The molecule has 0 fully saturated rings. The molecule has 0 radical (unpaired) electrons. The van der Waals surface area contributed by atoms with Crippen LogP contribution in [0.25, 0.3) is 10.8 Å². The quantitative estimate of drug-likeness (QED) is 0.712. The summed E-state index contributed by atoms with van der Waals surface area (Å²) in [6, 6.07) is 15.1. The van der Waals surface area contributed by atoms with Crippen LogP contribution < -0.4 is 10.5 Å². The first-order valence-corrected chi connectivity index (χ1v) is 8.92. The second kappa shape index (κ2) is 6.09. The van der Waals surface area contributed by atoms with Crippen LogP contribution in [0.4, 0.5) is 5.69 Å². The van der Waals surface area contributed by atoms with Crippen molar-refractivity contribution >= 4 is 22.4 Å². The van der Waals surface area contributed by atoms with Crippen LogP contribution in [0.2, 0.25) is 0 Å². The number of benzene rings is 2. The van der Waals surface area contributed by atoms with E-state index in [-0.39, 0.29) is 23.6 Å². The molecule has 1 amide bonds. The number of hydrogen-bond acceptors (Lipinski definition) is 3. The lowest BCUT2D eigenvalue weighted by molar-refractivity contribution is 0.0976. The molecule has 0 aliphatic carbocycles. The molecule has 5 heteroatoms. The summed E-state index contributed by atoms with van der Waals surface area (Å²) in [5, 5.41) is 5.60. The van der Waals surface area contributed by atoms with Gasteiger partial charge in [-0.3, -0.25) is 9.59 Å². The summed E-state index contributed by atoms with van der Waals surface area (Å²) in [6.07, 6.45) is 0.823. The molecule has 0 saturated heterocycles. The number of amides is 1. The number of carbonyl (C=O) groups is 1. The Bertz CT molecular complexity index is 1070. The third kappa shape index (κ3) is 2.43. The predicted octanol–water partition coefficient (Wildman–Crippen LogP) is 3.57. The average Bonchev–Trinajstić information content (AvgIpc) is 2.97. The fourth-order valence-corrected chi connectivity index (χ4v) is 3.70. The lowest BCUT2D eigenvalue weighted by atomic mass is 10.1. The van der Waals surface area contributed by atoms with E-state index >= 15 is 0 Å². The van der Waals surface area contributed by atoms with Crippen LogP contribution in [0.3, 0.4) is 0 Å². The standard InChI is InChI=1S/C21H21N3O2/c1-13(2)24-20(25)17-10-6-5-9-16(17)19(22-24)21(26)23-14(3)12-15-8-4-7-11-18(15)23/h4-11,13-14H,12H2,1-3H3/t14-/m0/s1. The van der Waals surface area contributed by atoms with Crippen molar-refractivity contribution in [3.63, 3.8) is 0 Å². The molecule has 1 atom stereocenters. The first-order chi connectivity index (χ1) is 12.5. The highest BCUT2D eigenvalue weighted by atomic mass is 16.2. The topological polar surface area (TPSA) is 55.2 Å². The molecule has 1 aliphatic rings. The van der Waals surface area contributed by atoms with E-state index in [1.165, 1.54) is 4.68 Å². The zero-order valence-corrected chi connectivity index (χ0v) is 15.1. The van der Waals surface area contributed by atoms with E-state index in [9.17, 15) is 9.59 Å². The Balaban J connectivity index is 1.93. The van der Waals surface area contributed by atoms with Crippen LogP contribution in [0, 0.1) is 0 Å². The number of fused-ring (bicyclic) bond motifs is 2. The van der Waals surface area contributed by atoms with Crippen molar-refractivity contribution in [1.29, 1.82) is 0 Å². The second-order valence-corrected chi connectivity index (χ2v) is 7.09. The fourth-order valence-electron chi connectivity index (χ4n) is 3.70. The van der Waals surface area contributed by atoms with Gasteiger partial charge in [0.1, 0.15) is 0 Å². The average molecular weight is 347 g/mol. The Labute approximate surface area is 151 Å². The highest BCUT2D eigenvalue weighted by Crippen LogP contribution is 2.33. The Hall–Kier alpha value is -2.95. The van der Waals surface area contributed by atoms with Gasteiger partial charge in [-0.05, 0) is 44.9 Å². The lowest BCUT2D eigenvalue weighted by Gasteiger charge is -2.23. The molecule has 1 aliphatic heterocycles. The molecule has 4 rings (SSSR count). The van der Waals surface area contributed by atoms with Crippen LogP contribution in [-0.2, 0) is 6.42 Å². The Morgan fingerprint density at radius 1 is 1.08 bits per heavy atom. The molecule has 0 N–H and O–H groups in total. The molecule has 0 saturated carbocycles. The molecule has 0 unspecified atom stereocenters. The van der Waals surface area contributed by atoms with Crippen molar-refractivity contribution in [2.45, 2.75) is 39.3 Å². The maximum atomic E-state index is 13.5. The highest BCUT2D eigenvalue weighted by molar-refractivity contribution is 6.13. The van der Waals surface area contributed by atoms with E-state index < -0.39 is 0 Å². The second-order valence-electron chi connectivity index (χ2n) is 7.09. The molecular weight excluding hydrogens is 326 g/mol. The fraction of sp³-hybridized carbons (Fsp3) is 0.286. The first kappa shape index (κ1) is 16.5. The zero-order valence-electron chi connectivity index (χ0n) is 15.1. The number of rotatable bonds is 2. The number of aromatic nitrogens is 2. The summed E-state index contributed by atoms with van der Waals surface area (Å²) in [4.78, 5) is 28.0. The van der Waals surface area contributed by atoms with Gasteiger partial charge in [0.05, 0.1) is 11.4 Å². The molecule has 5 nitrogen and oxygen atoms in total. The number of hydrogen-bond donors (Lipinski definition) is 0. The van der Waals surface area contributed by atoms with Crippen LogP contribution in [0.5, 0.6) is 0 Å². The van der Waals surface area contributed by atoms with Crippen LogP contribution >= 0.6 is 0 Å². The van der Waals surface area contributed by atoms with E-state index in [0.717, 1.165) is 17.7 Å². The number of nitrogens with zero attached hydrogens (tertiary/aromatic N) is 3. The smallest absolute Gasteiger partial charge is 0.279 e. The zero-order chi connectivity index (χ0) is 18.4. The monoisotopic (exact) mass is 347 g/mol. The van der Waals surface area contributed by atoms with Crippen LogP contribution in [0.15, 0.2) is 53.3 Å². The SMILES string of the molecule is CC(C)n1nc(C(=O)N2c3ccccc3C[C@@H]2C)c2ccccc2c1=O. The number of para-hydroxylation sites is 1. The van der Waals surface area contributed by atoms with E-state index in [2.05, 4.69) is 11.2 Å². The molecule has 2 heterocycles. The maximum absolute atomic E-state index is 13.5. The molecule has 2 aromatic carbocycles. The summed E-state index contributed by atoms with van der Waals surface area (Å²) in [6.45, 7) is 5.83. The van der Waals surface area contributed by atoms with Crippen molar-refractivity contribution in [3.05, 3.63) is 70.1 Å². The van der Waals surface area contributed by atoms with Crippen molar-refractivity contribution in [2.75, 3.05) is 4.90 Å². The first-order valence-electron chi connectivity index (χ1n) is 8.92. The Morgan fingerprint density at radius 3 is 2.46 bits per heavy atom. The van der Waals surface area contributed by atoms with E-state index in [0.29, 0.717) is 16.5 Å².